The molecule has 1 N–H and O–H groups in total. The van der Waals surface area contributed by atoms with Gasteiger partial charge in [-0.3, -0.25) is 15.1 Å². The highest BCUT2D eigenvalue weighted by Crippen LogP contribution is 2.38. The number of nitrogens with zero attached hydrogens (tertiary/aromatic N) is 4. The second-order valence-corrected chi connectivity index (χ2v) is 9.12. The van der Waals surface area contributed by atoms with Gasteiger partial charge in [-0.25, -0.2) is 14.7 Å². The van der Waals surface area contributed by atoms with E-state index in [0.29, 0.717) is 5.56 Å². The quantitative estimate of drug-likeness (QED) is 0.229. The van der Waals surface area contributed by atoms with E-state index in [0.717, 1.165) is 10.5 Å². The molecule has 0 aliphatic heterocycles. The average Bonchev–Trinajstić information content (AvgIpc) is 2.87. The Hall–Kier alpha value is -4.09. The van der Waals surface area contributed by atoms with Gasteiger partial charge in [0.15, 0.2) is 0 Å². The van der Waals surface area contributed by atoms with Crippen molar-refractivity contribution in [2.24, 2.45) is 0 Å². The van der Waals surface area contributed by atoms with E-state index < -0.39 is 22.5 Å². The molecule has 3 aromatic rings. The molecule has 0 fully saturated rings. The minimum atomic E-state index is -1.79. The van der Waals surface area contributed by atoms with Gasteiger partial charge in [0, 0.05) is 38.2 Å². The number of hydrogen-bond acceptors (Lipinski definition) is 9. The summed E-state index contributed by atoms with van der Waals surface area (Å²) in [4.78, 5) is 34.6. The Bertz CT molecular complexity index is 1210. The smallest absolute Gasteiger partial charge is 0.420 e. The Balaban J connectivity index is 2.19. The number of methoxy groups -OCH3 is 2. The van der Waals surface area contributed by atoms with E-state index in [4.69, 9.17) is 14.2 Å². The molecule has 0 aliphatic rings. The molecule has 0 radical (unpaired) electrons. The van der Waals surface area contributed by atoms with Crippen molar-refractivity contribution in [3.05, 3.63) is 88.2 Å². The molecule has 0 bridgehead atoms. The van der Waals surface area contributed by atoms with Crippen molar-refractivity contribution in [1.29, 1.82) is 0 Å². The lowest BCUT2D eigenvalue weighted by Crippen LogP contribution is -2.54. The van der Waals surface area contributed by atoms with Crippen LogP contribution >= 0.6 is 0 Å². The fourth-order valence-corrected chi connectivity index (χ4v) is 3.69. The molecular formula is C26H31N5O6. The molecule has 0 saturated heterocycles. The molecule has 11 heteroatoms. The van der Waals surface area contributed by atoms with Crippen molar-refractivity contribution in [1.82, 2.24) is 9.97 Å². The van der Waals surface area contributed by atoms with Crippen molar-refractivity contribution in [2.75, 3.05) is 24.4 Å². The Morgan fingerprint density at radius 1 is 1.05 bits per heavy atom. The maximum absolute atomic E-state index is 13.6. The number of aromatic nitrogens is 2. The second-order valence-electron chi connectivity index (χ2n) is 9.12. The van der Waals surface area contributed by atoms with Gasteiger partial charge < -0.3 is 19.5 Å². The SMILES string of the molecule is COC(OC)(c1ccccc1)N(C(=O)OC(C)(C)C)c1ccc([N+](=O)[O-])c(NC(C)c2cccnc2)n1. The number of nitro groups is 1. The number of pyridine rings is 2. The van der Waals surface area contributed by atoms with Crippen LogP contribution in [-0.2, 0) is 20.1 Å². The number of benzene rings is 1. The van der Waals surface area contributed by atoms with E-state index in [1.165, 1.54) is 26.4 Å². The van der Waals surface area contributed by atoms with Crippen LogP contribution in [0.4, 0.5) is 22.1 Å². The van der Waals surface area contributed by atoms with E-state index in [2.05, 4.69) is 15.3 Å². The van der Waals surface area contributed by atoms with Crippen LogP contribution in [0.25, 0.3) is 0 Å². The number of nitrogens with one attached hydrogen (secondary N) is 1. The third-order valence-electron chi connectivity index (χ3n) is 5.39. The lowest BCUT2D eigenvalue weighted by molar-refractivity contribution is -0.384. The molecule has 11 nitrogen and oxygen atoms in total. The Labute approximate surface area is 215 Å². The fraction of sp³-hybridized carbons (Fsp3) is 0.346. The molecule has 1 unspecified atom stereocenters. The van der Waals surface area contributed by atoms with Gasteiger partial charge in [-0.15, -0.1) is 0 Å². The van der Waals surface area contributed by atoms with E-state index in [9.17, 15) is 14.9 Å². The van der Waals surface area contributed by atoms with Gasteiger partial charge in [0.1, 0.15) is 11.4 Å². The predicted octanol–water partition coefficient (Wildman–Crippen LogP) is 5.40. The van der Waals surface area contributed by atoms with Crippen LogP contribution in [0.2, 0.25) is 0 Å². The van der Waals surface area contributed by atoms with E-state index in [1.54, 1.807) is 63.5 Å². The fourth-order valence-electron chi connectivity index (χ4n) is 3.69. The highest BCUT2D eigenvalue weighted by Gasteiger charge is 2.47. The number of carbonyl (C=O) groups excluding carboxylic acids is 1. The molecule has 2 heterocycles. The summed E-state index contributed by atoms with van der Waals surface area (Å²) in [6.07, 6.45) is 2.46. The highest BCUT2D eigenvalue weighted by atomic mass is 16.7. The van der Waals surface area contributed by atoms with E-state index >= 15 is 0 Å². The number of carbonyl (C=O) groups is 1. The van der Waals surface area contributed by atoms with Crippen molar-refractivity contribution in [3.8, 4) is 0 Å². The number of rotatable bonds is 9. The van der Waals surface area contributed by atoms with Gasteiger partial charge in [-0.05, 0) is 45.4 Å². The summed E-state index contributed by atoms with van der Waals surface area (Å²) in [5, 5.41) is 14.9. The second kappa shape index (κ2) is 11.3. The molecule has 2 aromatic heterocycles. The summed E-state index contributed by atoms with van der Waals surface area (Å²) >= 11 is 0. The maximum Gasteiger partial charge on any atom is 0.420 e. The molecule has 0 spiro atoms. The van der Waals surface area contributed by atoms with E-state index in [1.807, 2.05) is 19.1 Å². The summed E-state index contributed by atoms with van der Waals surface area (Å²) in [6.45, 7) is 6.98. The summed E-state index contributed by atoms with van der Waals surface area (Å²) in [7, 11) is 2.76. The summed E-state index contributed by atoms with van der Waals surface area (Å²) in [5.74, 6) is -1.84. The first-order chi connectivity index (χ1) is 17.5. The Morgan fingerprint density at radius 3 is 2.27 bits per heavy atom. The zero-order chi connectivity index (χ0) is 27.2. The number of anilines is 2. The van der Waals surface area contributed by atoms with Gasteiger partial charge in [0.05, 0.1) is 11.0 Å². The first kappa shape index (κ1) is 27.5. The molecule has 37 heavy (non-hydrogen) atoms. The van der Waals surface area contributed by atoms with E-state index in [-0.39, 0.29) is 23.4 Å². The summed E-state index contributed by atoms with van der Waals surface area (Å²) in [5.41, 5.74) is 0.129. The van der Waals surface area contributed by atoms with Crippen LogP contribution in [0.5, 0.6) is 0 Å². The van der Waals surface area contributed by atoms with Crippen LogP contribution in [0.3, 0.4) is 0 Å². The summed E-state index contributed by atoms with van der Waals surface area (Å²) < 4.78 is 17.3. The maximum atomic E-state index is 13.6. The van der Waals surface area contributed by atoms with Gasteiger partial charge in [-0.2, -0.15) is 0 Å². The molecule has 1 atom stereocenters. The minimum Gasteiger partial charge on any atom is -0.443 e. The third-order valence-corrected chi connectivity index (χ3v) is 5.39. The lowest BCUT2D eigenvalue weighted by atomic mass is 10.1. The van der Waals surface area contributed by atoms with Gasteiger partial charge >= 0.3 is 11.8 Å². The van der Waals surface area contributed by atoms with Crippen LogP contribution in [0.1, 0.15) is 44.9 Å². The Kier molecular flexibility index (Phi) is 8.41. The van der Waals surface area contributed by atoms with Gasteiger partial charge in [0.2, 0.25) is 5.82 Å². The Morgan fingerprint density at radius 2 is 1.73 bits per heavy atom. The molecule has 196 valence electrons. The first-order valence-corrected chi connectivity index (χ1v) is 11.5. The van der Waals surface area contributed by atoms with Crippen molar-refractivity contribution in [2.45, 2.75) is 45.2 Å². The first-order valence-electron chi connectivity index (χ1n) is 11.5. The van der Waals surface area contributed by atoms with Crippen LogP contribution in [-0.4, -0.2) is 40.8 Å². The monoisotopic (exact) mass is 509 g/mol. The molecule has 0 aliphatic carbocycles. The zero-order valence-corrected chi connectivity index (χ0v) is 21.7. The van der Waals surface area contributed by atoms with Crippen molar-refractivity contribution in [3.63, 3.8) is 0 Å². The number of hydrogen-bond donors (Lipinski definition) is 1. The normalized spacial score (nSPS) is 12.5. The standard InChI is InChI=1S/C26H31N5O6/c1-18(19-11-10-16-27-17-19)28-23-21(31(33)34)14-15-22(29-23)30(24(32)37-25(2,3)4)26(35-5,36-6)20-12-8-7-9-13-20/h7-18H,1-6H3,(H,28,29). The van der Waals surface area contributed by atoms with Crippen LogP contribution in [0.15, 0.2) is 67.0 Å². The number of amides is 1. The largest absolute Gasteiger partial charge is 0.443 e. The van der Waals surface area contributed by atoms with Crippen molar-refractivity contribution < 1.29 is 23.9 Å². The minimum absolute atomic E-state index is 0.00768. The predicted molar refractivity (Wildman–Crippen MR) is 138 cm³/mol. The average molecular weight is 510 g/mol. The molecule has 1 aromatic carbocycles. The number of ether oxygens (including phenoxy) is 3. The molecule has 3 rings (SSSR count). The highest BCUT2D eigenvalue weighted by molar-refractivity contribution is 5.88. The van der Waals surface area contributed by atoms with Crippen LogP contribution in [0, 0.1) is 10.1 Å². The van der Waals surface area contributed by atoms with Gasteiger partial charge in [-0.1, -0.05) is 36.4 Å². The lowest BCUT2D eigenvalue weighted by Gasteiger charge is -2.40. The summed E-state index contributed by atoms with van der Waals surface area (Å²) in [6, 6.07) is 14.6. The topological polar surface area (TPSA) is 129 Å². The van der Waals surface area contributed by atoms with Gasteiger partial charge in [0.25, 0.3) is 5.91 Å². The zero-order valence-electron chi connectivity index (χ0n) is 21.7. The molecule has 1 amide bonds. The molecule has 0 saturated carbocycles. The van der Waals surface area contributed by atoms with Crippen LogP contribution < -0.4 is 10.2 Å². The molecular weight excluding hydrogens is 478 g/mol. The van der Waals surface area contributed by atoms with Crippen molar-refractivity contribution >= 4 is 23.4 Å². The third kappa shape index (κ3) is 6.19.